The molecule has 3 aromatic rings. The lowest BCUT2D eigenvalue weighted by Crippen LogP contribution is -2.31. The predicted octanol–water partition coefficient (Wildman–Crippen LogP) is 3.53. The van der Waals surface area contributed by atoms with Crippen LogP contribution in [0.1, 0.15) is 29.2 Å². The summed E-state index contributed by atoms with van der Waals surface area (Å²) in [6.45, 7) is 2.11. The Bertz CT molecular complexity index is 1060. The molecule has 0 radical (unpaired) electrons. The summed E-state index contributed by atoms with van der Waals surface area (Å²) in [5.41, 5.74) is 1.94. The second kappa shape index (κ2) is 9.13. The fourth-order valence-electron chi connectivity index (χ4n) is 3.68. The van der Waals surface area contributed by atoms with E-state index in [0.717, 1.165) is 37.8 Å². The van der Waals surface area contributed by atoms with Crippen molar-refractivity contribution < 1.29 is 9.18 Å². The van der Waals surface area contributed by atoms with Crippen molar-refractivity contribution in [3.05, 3.63) is 60.3 Å². The van der Waals surface area contributed by atoms with E-state index < -0.39 is 5.82 Å². The molecule has 3 heterocycles. The monoisotopic (exact) mass is 423 g/mol. The van der Waals surface area contributed by atoms with Crippen LogP contribution in [0.5, 0.6) is 0 Å². The van der Waals surface area contributed by atoms with Crippen LogP contribution in [0.2, 0.25) is 0 Å². The Morgan fingerprint density at radius 3 is 2.68 bits per heavy atom. The van der Waals surface area contributed by atoms with E-state index in [1.165, 1.54) is 0 Å². The largest absolute Gasteiger partial charge is 0.355 e. The zero-order valence-electron chi connectivity index (χ0n) is 17.6. The molecule has 1 amide bonds. The van der Waals surface area contributed by atoms with Gasteiger partial charge in [0.25, 0.3) is 5.91 Å². The number of aromatic nitrogens is 3. The number of piperidine rings is 1. The van der Waals surface area contributed by atoms with Gasteiger partial charge in [-0.2, -0.15) is 5.10 Å². The van der Waals surface area contributed by atoms with Crippen molar-refractivity contribution in [2.45, 2.75) is 18.9 Å². The Hall–Kier alpha value is -3.46. The summed E-state index contributed by atoms with van der Waals surface area (Å²) < 4.78 is 16.4. The van der Waals surface area contributed by atoms with Crippen molar-refractivity contribution in [2.75, 3.05) is 37.8 Å². The molecule has 1 aliphatic heterocycles. The Balaban J connectivity index is 1.50. The van der Waals surface area contributed by atoms with Crippen LogP contribution in [0.25, 0.3) is 0 Å². The third-order valence-corrected chi connectivity index (χ3v) is 5.46. The predicted molar refractivity (Wildman–Crippen MR) is 119 cm³/mol. The van der Waals surface area contributed by atoms with E-state index in [-0.39, 0.29) is 11.6 Å². The quantitative estimate of drug-likeness (QED) is 0.562. The molecule has 0 aliphatic carbocycles. The fraction of sp³-hybridized carbons (Fsp3) is 0.318. The molecule has 0 saturated carbocycles. The van der Waals surface area contributed by atoms with Gasteiger partial charge in [-0.25, -0.2) is 9.37 Å². The summed E-state index contributed by atoms with van der Waals surface area (Å²) in [5, 5.41) is 13.3. The second-order valence-corrected chi connectivity index (χ2v) is 7.67. The summed E-state index contributed by atoms with van der Waals surface area (Å²) in [6, 6.07) is 8.90. The van der Waals surface area contributed by atoms with Gasteiger partial charge in [0.15, 0.2) is 5.82 Å². The number of nitrogens with one attached hydrogen (secondary N) is 3. The van der Waals surface area contributed by atoms with Crippen molar-refractivity contribution in [2.24, 2.45) is 0 Å². The average molecular weight is 423 g/mol. The van der Waals surface area contributed by atoms with Crippen LogP contribution in [0.15, 0.2) is 48.9 Å². The van der Waals surface area contributed by atoms with E-state index in [0.29, 0.717) is 23.1 Å². The van der Waals surface area contributed by atoms with E-state index >= 15 is 0 Å². The van der Waals surface area contributed by atoms with Crippen LogP contribution in [-0.4, -0.2) is 52.8 Å². The average Bonchev–Trinajstić information content (AvgIpc) is 3.25. The Morgan fingerprint density at radius 1 is 1.13 bits per heavy atom. The van der Waals surface area contributed by atoms with Crippen LogP contribution in [0.4, 0.5) is 27.3 Å². The van der Waals surface area contributed by atoms with Gasteiger partial charge >= 0.3 is 0 Å². The fourth-order valence-corrected chi connectivity index (χ4v) is 3.68. The molecular weight excluding hydrogens is 397 g/mol. The van der Waals surface area contributed by atoms with Crippen LogP contribution < -0.4 is 16.0 Å². The molecule has 4 rings (SSSR count). The van der Waals surface area contributed by atoms with E-state index in [9.17, 15) is 9.18 Å². The molecule has 0 bridgehead atoms. The van der Waals surface area contributed by atoms with Gasteiger partial charge in [-0.15, -0.1) is 0 Å². The smallest absolute Gasteiger partial charge is 0.253 e. The standard InChI is InChI=1S/C22H26FN7O/c1-24-22(31)17-5-3-4-6-19(17)28-20-11-21(25-13-18(20)23)27-15-12-26-30(14-15)16-7-9-29(2)10-8-16/h3-6,11-14,16H,7-10H2,1-2H3,(H,24,31)(H2,25,27,28). The van der Waals surface area contributed by atoms with Crippen LogP contribution >= 0.6 is 0 Å². The third-order valence-electron chi connectivity index (χ3n) is 5.46. The van der Waals surface area contributed by atoms with E-state index in [1.54, 1.807) is 43.6 Å². The lowest BCUT2D eigenvalue weighted by atomic mass is 10.1. The summed E-state index contributed by atoms with van der Waals surface area (Å²) in [7, 11) is 3.69. The minimum atomic E-state index is -0.515. The van der Waals surface area contributed by atoms with Crippen molar-refractivity contribution in [1.82, 2.24) is 25.0 Å². The number of amides is 1. The molecule has 0 spiro atoms. The van der Waals surface area contributed by atoms with Crippen molar-refractivity contribution in [3.63, 3.8) is 0 Å². The number of rotatable bonds is 6. The number of hydrogen-bond donors (Lipinski definition) is 3. The Labute approximate surface area is 180 Å². The van der Waals surface area contributed by atoms with Crippen molar-refractivity contribution in [3.8, 4) is 0 Å². The SMILES string of the molecule is CNC(=O)c1ccccc1Nc1cc(Nc2cnn(C3CCN(C)CC3)c2)ncc1F. The number of para-hydroxylation sites is 1. The Morgan fingerprint density at radius 2 is 1.90 bits per heavy atom. The molecule has 1 aliphatic rings. The van der Waals surface area contributed by atoms with Gasteiger partial charge in [-0.3, -0.25) is 9.48 Å². The number of carbonyl (C=O) groups is 1. The highest BCUT2D eigenvalue weighted by atomic mass is 19.1. The first-order valence-electron chi connectivity index (χ1n) is 10.3. The van der Waals surface area contributed by atoms with E-state index in [4.69, 9.17) is 0 Å². The number of hydrogen-bond acceptors (Lipinski definition) is 6. The minimum Gasteiger partial charge on any atom is -0.355 e. The minimum absolute atomic E-state index is 0.219. The molecule has 2 aromatic heterocycles. The maximum Gasteiger partial charge on any atom is 0.253 e. The van der Waals surface area contributed by atoms with Gasteiger partial charge in [0.2, 0.25) is 0 Å². The lowest BCUT2D eigenvalue weighted by molar-refractivity contribution is 0.0964. The van der Waals surface area contributed by atoms with Crippen molar-refractivity contribution in [1.29, 1.82) is 0 Å². The molecule has 31 heavy (non-hydrogen) atoms. The molecule has 9 heteroatoms. The van der Waals surface area contributed by atoms with Gasteiger partial charge in [0.05, 0.1) is 41.1 Å². The molecule has 162 valence electrons. The van der Waals surface area contributed by atoms with Gasteiger partial charge < -0.3 is 20.9 Å². The number of benzene rings is 1. The first-order chi connectivity index (χ1) is 15.0. The molecular formula is C22H26FN7O. The summed E-state index contributed by atoms with van der Waals surface area (Å²) in [6.07, 6.45) is 6.97. The summed E-state index contributed by atoms with van der Waals surface area (Å²) in [4.78, 5) is 18.5. The number of anilines is 4. The van der Waals surface area contributed by atoms with Crippen LogP contribution in [-0.2, 0) is 0 Å². The number of nitrogens with zero attached hydrogens (tertiary/aromatic N) is 4. The van der Waals surface area contributed by atoms with Crippen LogP contribution in [0.3, 0.4) is 0 Å². The molecule has 8 nitrogen and oxygen atoms in total. The van der Waals surface area contributed by atoms with Crippen molar-refractivity contribution >= 4 is 28.8 Å². The number of carbonyl (C=O) groups excluding carboxylic acids is 1. The Kier molecular flexibility index (Phi) is 6.13. The summed E-state index contributed by atoms with van der Waals surface area (Å²) in [5.74, 6) is -0.291. The van der Waals surface area contributed by atoms with Crippen LogP contribution in [0, 0.1) is 5.82 Å². The molecule has 1 fully saturated rings. The van der Waals surface area contributed by atoms with Gasteiger partial charge in [0, 0.05) is 19.3 Å². The summed E-state index contributed by atoms with van der Waals surface area (Å²) >= 11 is 0. The van der Waals surface area contributed by atoms with Gasteiger partial charge in [-0.05, 0) is 45.1 Å². The maximum absolute atomic E-state index is 14.4. The van der Waals surface area contributed by atoms with E-state index in [1.807, 2.05) is 10.9 Å². The number of halogens is 1. The van der Waals surface area contributed by atoms with E-state index in [2.05, 4.69) is 38.0 Å². The molecule has 1 aromatic carbocycles. The third kappa shape index (κ3) is 4.83. The highest BCUT2D eigenvalue weighted by Gasteiger charge is 2.19. The lowest BCUT2D eigenvalue weighted by Gasteiger charge is -2.28. The zero-order chi connectivity index (χ0) is 21.8. The molecule has 0 atom stereocenters. The zero-order valence-corrected chi connectivity index (χ0v) is 17.6. The molecule has 0 unspecified atom stereocenters. The number of likely N-dealkylation sites (tertiary alicyclic amines) is 1. The highest BCUT2D eigenvalue weighted by Crippen LogP contribution is 2.27. The highest BCUT2D eigenvalue weighted by molar-refractivity contribution is 6.00. The van der Waals surface area contributed by atoms with Gasteiger partial charge in [-0.1, -0.05) is 12.1 Å². The number of pyridine rings is 1. The normalized spacial score (nSPS) is 14.9. The van der Waals surface area contributed by atoms with Gasteiger partial charge in [0.1, 0.15) is 5.82 Å². The first-order valence-corrected chi connectivity index (χ1v) is 10.3. The molecule has 3 N–H and O–H groups in total. The molecule has 1 saturated heterocycles. The first kappa shape index (κ1) is 20.8. The second-order valence-electron chi connectivity index (χ2n) is 7.67. The maximum atomic E-state index is 14.4. The topological polar surface area (TPSA) is 87.1 Å².